The summed E-state index contributed by atoms with van der Waals surface area (Å²) in [6, 6.07) is 4.40. The second kappa shape index (κ2) is 7.33. The van der Waals surface area contributed by atoms with Crippen molar-refractivity contribution in [1.82, 2.24) is 25.7 Å². The zero-order valence-electron chi connectivity index (χ0n) is 14.9. The predicted molar refractivity (Wildman–Crippen MR) is 93.4 cm³/mol. The second-order valence-electron chi connectivity index (χ2n) is 7.25. The van der Waals surface area contributed by atoms with Crippen molar-refractivity contribution >= 4 is 11.7 Å². The lowest BCUT2D eigenvalue weighted by molar-refractivity contribution is -0.141. The van der Waals surface area contributed by atoms with E-state index in [1.165, 1.54) is 18.5 Å². The molecule has 4 heterocycles. The summed E-state index contributed by atoms with van der Waals surface area (Å²) in [6.07, 6.45) is 2.05. The van der Waals surface area contributed by atoms with E-state index in [2.05, 4.69) is 30.6 Å². The summed E-state index contributed by atoms with van der Waals surface area (Å²) in [6.45, 7) is 0.556. The van der Waals surface area contributed by atoms with Gasteiger partial charge in [-0.1, -0.05) is 0 Å². The van der Waals surface area contributed by atoms with E-state index in [0.717, 1.165) is 31.7 Å². The third-order valence-corrected chi connectivity index (χ3v) is 5.43. The lowest BCUT2D eigenvalue weighted by Crippen LogP contribution is -2.46. The van der Waals surface area contributed by atoms with E-state index in [4.69, 9.17) is 0 Å². The first-order valence-corrected chi connectivity index (χ1v) is 9.16. The Morgan fingerprint density at radius 2 is 1.86 bits per heavy atom. The topological polar surface area (TPSA) is 83.9 Å². The highest BCUT2D eigenvalue weighted by molar-refractivity contribution is 5.93. The Hall–Kier alpha value is -2.78. The fourth-order valence-electron chi connectivity index (χ4n) is 4.21. The molecule has 2 fully saturated rings. The van der Waals surface area contributed by atoms with Gasteiger partial charge in [-0.25, -0.2) is 0 Å². The molecular formula is C18H19F3N6O. The van der Waals surface area contributed by atoms with Crippen LogP contribution in [0.4, 0.5) is 19.0 Å². The molecule has 0 aliphatic carbocycles. The fourth-order valence-corrected chi connectivity index (χ4v) is 4.21. The monoisotopic (exact) mass is 392 g/mol. The van der Waals surface area contributed by atoms with Gasteiger partial charge in [-0.15, -0.1) is 10.2 Å². The summed E-state index contributed by atoms with van der Waals surface area (Å²) in [5.41, 5.74) is -0.512. The molecule has 10 heteroatoms. The lowest BCUT2D eigenvalue weighted by Gasteiger charge is -2.39. The standard InChI is InChI=1S/C18H19F3N6O/c19-18(20,21)15-3-4-16(26-25-15)27-13-1-2-14(27)8-11(7-13)9-22-17(28)12-5-6-23-24-10-12/h3-6,10-11,13-14H,1-2,7-9H2,(H,22,28)/t11?,13-,14+. The molecule has 28 heavy (non-hydrogen) atoms. The van der Waals surface area contributed by atoms with Crippen LogP contribution in [0.5, 0.6) is 0 Å². The zero-order chi connectivity index (χ0) is 19.7. The molecule has 0 saturated carbocycles. The normalized spacial score (nSPS) is 24.2. The fraction of sp³-hybridized carbons (Fsp3) is 0.500. The van der Waals surface area contributed by atoms with Crippen molar-refractivity contribution in [3.05, 3.63) is 41.9 Å². The van der Waals surface area contributed by atoms with Crippen LogP contribution in [-0.2, 0) is 6.18 Å². The van der Waals surface area contributed by atoms with Crippen LogP contribution in [-0.4, -0.2) is 44.9 Å². The van der Waals surface area contributed by atoms with Crippen LogP contribution in [0.1, 0.15) is 41.7 Å². The van der Waals surface area contributed by atoms with E-state index < -0.39 is 11.9 Å². The maximum absolute atomic E-state index is 12.7. The number of hydrogen-bond acceptors (Lipinski definition) is 6. The highest BCUT2D eigenvalue weighted by Crippen LogP contribution is 2.41. The molecule has 0 radical (unpaired) electrons. The molecule has 1 unspecified atom stereocenters. The molecule has 2 aliphatic rings. The number of carbonyl (C=O) groups is 1. The number of halogens is 3. The average molecular weight is 392 g/mol. The van der Waals surface area contributed by atoms with Gasteiger partial charge in [-0.2, -0.15) is 23.4 Å². The third kappa shape index (κ3) is 3.76. The van der Waals surface area contributed by atoms with Crippen molar-refractivity contribution in [1.29, 1.82) is 0 Å². The van der Waals surface area contributed by atoms with E-state index in [-0.39, 0.29) is 18.0 Å². The number of amides is 1. The Kier molecular flexibility index (Phi) is 4.86. The van der Waals surface area contributed by atoms with Crippen LogP contribution in [0.15, 0.2) is 30.6 Å². The van der Waals surface area contributed by atoms with Crippen molar-refractivity contribution in [3.63, 3.8) is 0 Å². The quantitative estimate of drug-likeness (QED) is 0.861. The number of fused-ring (bicyclic) bond motifs is 2. The lowest BCUT2D eigenvalue weighted by atomic mass is 9.90. The molecule has 7 nitrogen and oxygen atoms in total. The first-order chi connectivity index (χ1) is 13.4. The van der Waals surface area contributed by atoms with Crippen molar-refractivity contribution in [2.75, 3.05) is 11.4 Å². The number of hydrogen-bond donors (Lipinski definition) is 1. The molecule has 1 amide bonds. The van der Waals surface area contributed by atoms with Gasteiger partial charge < -0.3 is 10.2 Å². The maximum atomic E-state index is 12.7. The van der Waals surface area contributed by atoms with Crippen molar-refractivity contribution in [2.45, 2.75) is 43.9 Å². The first kappa shape index (κ1) is 18.6. The van der Waals surface area contributed by atoms with Crippen LogP contribution in [0.3, 0.4) is 0 Å². The number of anilines is 1. The minimum Gasteiger partial charge on any atom is -0.352 e. The van der Waals surface area contributed by atoms with Crippen LogP contribution < -0.4 is 10.2 Å². The van der Waals surface area contributed by atoms with Gasteiger partial charge in [0, 0.05) is 18.6 Å². The number of piperidine rings is 1. The van der Waals surface area contributed by atoms with Crippen LogP contribution in [0, 0.1) is 5.92 Å². The predicted octanol–water partition coefficient (Wildman–Crippen LogP) is 2.46. The summed E-state index contributed by atoms with van der Waals surface area (Å²) in [4.78, 5) is 14.3. The highest BCUT2D eigenvalue weighted by Gasteiger charge is 2.42. The second-order valence-corrected chi connectivity index (χ2v) is 7.25. The number of nitrogens with zero attached hydrogens (tertiary/aromatic N) is 5. The molecule has 2 aromatic rings. The van der Waals surface area contributed by atoms with Crippen LogP contribution in [0.2, 0.25) is 0 Å². The van der Waals surface area contributed by atoms with Gasteiger partial charge in [0.1, 0.15) is 0 Å². The van der Waals surface area contributed by atoms with Gasteiger partial charge in [0.05, 0.1) is 18.0 Å². The SMILES string of the molecule is O=C(NCC1C[C@H]2CC[C@@H](C1)N2c1ccc(C(F)(F)F)nn1)c1ccnnc1. The Labute approximate surface area is 159 Å². The molecule has 0 aromatic carbocycles. The van der Waals surface area contributed by atoms with Gasteiger partial charge in [0.25, 0.3) is 5.91 Å². The molecule has 0 spiro atoms. The molecule has 148 valence electrons. The number of alkyl halides is 3. The van der Waals surface area contributed by atoms with Gasteiger partial charge in [0.2, 0.25) is 0 Å². The van der Waals surface area contributed by atoms with E-state index >= 15 is 0 Å². The number of aromatic nitrogens is 4. The van der Waals surface area contributed by atoms with Gasteiger partial charge in [0.15, 0.2) is 11.5 Å². The minimum absolute atomic E-state index is 0.182. The maximum Gasteiger partial charge on any atom is 0.435 e. The van der Waals surface area contributed by atoms with E-state index in [9.17, 15) is 18.0 Å². The first-order valence-electron chi connectivity index (χ1n) is 9.16. The summed E-state index contributed by atoms with van der Waals surface area (Å²) in [5.74, 6) is 0.624. The summed E-state index contributed by atoms with van der Waals surface area (Å²) in [5, 5.41) is 17.5. The Morgan fingerprint density at radius 1 is 1.11 bits per heavy atom. The van der Waals surface area contributed by atoms with Crippen molar-refractivity contribution < 1.29 is 18.0 Å². The smallest absolute Gasteiger partial charge is 0.352 e. The highest BCUT2D eigenvalue weighted by atomic mass is 19.4. The number of rotatable bonds is 4. The zero-order valence-corrected chi connectivity index (χ0v) is 14.9. The molecule has 2 bridgehead atoms. The summed E-state index contributed by atoms with van der Waals surface area (Å²) >= 11 is 0. The van der Waals surface area contributed by atoms with Crippen molar-refractivity contribution in [2.24, 2.45) is 5.92 Å². The Balaban J connectivity index is 1.37. The largest absolute Gasteiger partial charge is 0.435 e. The molecule has 3 atom stereocenters. The van der Waals surface area contributed by atoms with Gasteiger partial charge >= 0.3 is 6.18 Å². The Bertz CT molecular complexity index is 815. The molecule has 1 N–H and O–H groups in total. The Morgan fingerprint density at radius 3 is 2.43 bits per heavy atom. The minimum atomic E-state index is -4.49. The van der Waals surface area contributed by atoms with Gasteiger partial charge in [-0.05, 0) is 49.8 Å². The molecule has 2 aromatic heterocycles. The van der Waals surface area contributed by atoms with Crippen LogP contribution in [0.25, 0.3) is 0 Å². The average Bonchev–Trinajstić information content (AvgIpc) is 2.96. The molecular weight excluding hydrogens is 373 g/mol. The van der Waals surface area contributed by atoms with E-state index in [0.29, 0.717) is 23.8 Å². The van der Waals surface area contributed by atoms with E-state index in [1.54, 1.807) is 6.07 Å². The van der Waals surface area contributed by atoms with Gasteiger partial charge in [-0.3, -0.25) is 4.79 Å². The third-order valence-electron chi connectivity index (χ3n) is 5.43. The van der Waals surface area contributed by atoms with Crippen molar-refractivity contribution in [3.8, 4) is 0 Å². The summed E-state index contributed by atoms with van der Waals surface area (Å²) < 4.78 is 38.1. The molecule has 2 saturated heterocycles. The molecule has 4 rings (SSSR count). The van der Waals surface area contributed by atoms with E-state index in [1.807, 2.05) is 0 Å². The number of carbonyl (C=O) groups excluding carboxylic acids is 1. The molecule has 2 aliphatic heterocycles. The summed E-state index contributed by atoms with van der Waals surface area (Å²) in [7, 11) is 0. The van der Waals surface area contributed by atoms with Crippen LogP contribution >= 0.6 is 0 Å². The number of nitrogens with one attached hydrogen (secondary N) is 1.